The van der Waals surface area contributed by atoms with Gasteiger partial charge < -0.3 is 14.8 Å². The molecule has 1 N–H and O–H groups in total. The molecule has 6 heteroatoms. The van der Waals surface area contributed by atoms with Crippen LogP contribution in [0.15, 0.2) is 48.7 Å². The van der Waals surface area contributed by atoms with E-state index in [2.05, 4.69) is 5.32 Å². The molecule has 2 aromatic carbocycles. The van der Waals surface area contributed by atoms with Crippen LogP contribution in [0.2, 0.25) is 0 Å². The monoisotopic (exact) mass is 403 g/mol. The number of Topliss-reactive ketones (excluding diaryl/α,β-unsaturated/α-hetero) is 1. The first kappa shape index (κ1) is 19.9. The minimum Gasteiger partial charge on any atom is -0.341 e. The molecule has 6 nitrogen and oxygen atoms in total. The summed E-state index contributed by atoms with van der Waals surface area (Å²) in [5.74, 6) is -1.26. The van der Waals surface area contributed by atoms with Crippen molar-refractivity contribution >= 4 is 34.2 Å². The fourth-order valence-corrected chi connectivity index (χ4v) is 4.03. The molecule has 0 bridgehead atoms. The number of carbonyl (C=O) groups is 3. The molecule has 0 radical (unpaired) electrons. The molecular formula is C24H25N3O3. The first-order valence-corrected chi connectivity index (χ1v) is 10.2. The van der Waals surface area contributed by atoms with Crippen LogP contribution in [0.1, 0.15) is 34.3 Å². The fraction of sp³-hybridized carbons (Fsp3) is 0.292. The lowest BCUT2D eigenvalue weighted by Gasteiger charge is -2.15. The second kappa shape index (κ2) is 8.14. The van der Waals surface area contributed by atoms with Crippen LogP contribution in [-0.4, -0.2) is 40.2 Å². The number of rotatable bonds is 5. The van der Waals surface area contributed by atoms with Gasteiger partial charge in [0.15, 0.2) is 0 Å². The zero-order chi connectivity index (χ0) is 21.3. The maximum atomic E-state index is 13.0. The van der Waals surface area contributed by atoms with Gasteiger partial charge >= 0.3 is 0 Å². The summed E-state index contributed by atoms with van der Waals surface area (Å²) in [6.45, 7) is 5.59. The summed E-state index contributed by atoms with van der Waals surface area (Å²) in [6.07, 6.45) is 3.68. The number of carbonyl (C=O) groups excluding carboxylic acids is 3. The highest BCUT2D eigenvalue weighted by atomic mass is 16.2. The lowest BCUT2D eigenvalue weighted by molar-refractivity contribution is -0.130. The van der Waals surface area contributed by atoms with E-state index < -0.39 is 11.7 Å². The van der Waals surface area contributed by atoms with Gasteiger partial charge in [-0.15, -0.1) is 0 Å². The quantitative estimate of drug-likeness (QED) is 0.522. The third-order valence-electron chi connectivity index (χ3n) is 5.63. The Labute approximate surface area is 175 Å². The number of benzene rings is 2. The predicted molar refractivity (Wildman–Crippen MR) is 117 cm³/mol. The van der Waals surface area contributed by atoms with Gasteiger partial charge in [-0.1, -0.05) is 35.9 Å². The van der Waals surface area contributed by atoms with Crippen molar-refractivity contribution in [2.24, 2.45) is 0 Å². The molecule has 0 aliphatic carbocycles. The van der Waals surface area contributed by atoms with Crippen LogP contribution < -0.4 is 5.32 Å². The number of likely N-dealkylation sites (tertiary alicyclic amines) is 1. The minimum atomic E-state index is -0.685. The van der Waals surface area contributed by atoms with Gasteiger partial charge in [-0.2, -0.15) is 0 Å². The van der Waals surface area contributed by atoms with Crippen LogP contribution in [0, 0.1) is 13.8 Å². The smallest absolute Gasteiger partial charge is 0.296 e. The summed E-state index contributed by atoms with van der Waals surface area (Å²) in [5.41, 5.74) is 3.68. The van der Waals surface area contributed by atoms with E-state index in [9.17, 15) is 14.4 Å². The number of amides is 2. The summed E-state index contributed by atoms with van der Waals surface area (Å²) >= 11 is 0. The maximum Gasteiger partial charge on any atom is 0.296 e. The van der Waals surface area contributed by atoms with Crippen molar-refractivity contribution in [3.8, 4) is 0 Å². The summed E-state index contributed by atoms with van der Waals surface area (Å²) in [4.78, 5) is 40.1. The van der Waals surface area contributed by atoms with Crippen molar-refractivity contribution < 1.29 is 14.4 Å². The highest BCUT2D eigenvalue weighted by molar-refractivity contribution is 6.48. The summed E-state index contributed by atoms with van der Waals surface area (Å²) in [7, 11) is 0. The van der Waals surface area contributed by atoms with Crippen LogP contribution in [0.3, 0.4) is 0 Å². The molecule has 1 aliphatic heterocycles. The van der Waals surface area contributed by atoms with Gasteiger partial charge in [0.25, 0.3) is 11.7 Å². The van der Waals surface area contributed by atoms with Gasteiger partial charge in [0, 0.05) is 35.9 Å². The molecule has 4 rings (SSSR count). The van der Waals surface area contributed by atoms with Gasteiger partial charge in [0.1, 0.15) is 6.54 Å². The number of nitrogens with zero attached hydrogens (tertiary/aromatic N) is 2. The van der Waals surface area contributed by atoms with Gasteiger partial charge in [-0.3, -0.25) is 14.4 Å². The number of aryl methyl sites for hydroxylation is 2. The van der Waals surface area contributed by atoms with Crippen LogP contribution >= 0.6 is 0 Å². The number of ketones is 1. The molecule has 0 unspecified atom stereocenters. The fourth-order valence-electron chi connectivity index (χ4n) is 4.03. The molecule has 3 aromatic rings. The van der Waals surface area contributed by atoms with Crippen LogP contribution in [0.25, 0.3) is 10.9 Å². The largest absolute Gasteiger partial charge is 0.341 e. The minimum absolute atomic E-state index is 0.0342. The molecule has 2 amide bonds. The third kappa shape index (κ3) is 3.85. The molecule has 154 valence electrons. The van der Waals surface area contributed by atoms with Crippen molar-refractivity contribution in [2.45, 2.75) is 33.2 Å². The number of fused-ring (bicyclic) bond motifs is 1. The Kier molecular flexibility index (Phi) is 5.40. The predicted octanol–water partition coefficient (Wildman–Crippen LogP) is 3.70. The lowest BCUT2D eigenvalue weighted by Crippen LogP contribution is -2.30. The molecule has 1 saturated heterocycles. The highest BCUT2D eigenvalue weighted by Crippen LogP contribution is 2.24. The second-order valence-electron chi connectivity index (χ2n) is 7.88. The molecule has 1 aliphatic rings. The Morgan fingerprint density at radius 2 is 1.73 bits per heavy atom. The Morgan fingerprint density at radius 3 is 2.47 bits per heavy atom. The van der Waals surface area contributed by atoms with E-state index in [0.29, 0.717) is 16.6 Å². The second-order valence-corrected chi connectivity index (χ2v) is 7.88. The van der Waals surface area contributed by atoms with Crippen LogP contribution in [0.4, 0.5) is 5.69 Å². The van der Waals surface area contributed by atoms with E-state index >= 15 is 0 Å². The number of nitrogens with one attached hydrogen (secondary N) is 1. The lowest BCUT2D eigenvalue weighted by atomic mass is 10.1. The van der Waals surface area contributed by atoms with Crippen molar-refractivity contribution in [1.29, 1.82) is 0 Å². The number of aromatic nitrogens is 1. The number of para-hydroxylation sites is 1. The van der Waals surface area contributed by atoms with Crippen molar-refractivity contribution in [1.82, 2.24) is 9.47 Å². The molecule has 0 atom stereocenters. The number of hydrogen-bond acceptors (Lipinski definition) is 3. The molecule has 1 fully saturated rings. The van der Waals surface area contributed by atoms with Crippen LogP contribution in [0.5, 0.6) is 0 Å². The van der Waals surface area contributed by atoms with Crippen molar-refractivity contribution in [3.63, 3.8) is 0 Å². The number of hydrogen-bond donors (Lipinski definition) is 1. The third-order valence-corrected chi connectivity index (χ3v) is 5.63. The normalized spacial score (nSPS) is 13.6. The Bertz CT molecular complexity index is 1140. The van der Waals surface area contributed by atoms with E-state index in [-0.39, 0.29) is 12.5 Å². The van der Waals surface area contributed by atoms with Crippen LogP contribution in [-0.2, 0) is 16.1 Å². The SMILES string of the molecule is Cc1ccc(NC(=O)C(=O)c2cn(CC(=O)N3CCCC3)c3ccccc23)c(C)c1. The van der Waals surface area contributed by atoms with E-state index in [0.717, 1.165) is 42.6 Å². The molecule has 2 heterocycles. The maximum absolute atomic E-state index is 13.0. The van der Waals surface area contributed by atoms with Crippen molar-refractivity contribution in [3.05, 3.63) is 65.4 Å². The van der Waals surface area contributed by atoms with Gasteiger partial charge in [-0.05, 0) is 44.4 Å². The Balaban J connectivity index is 1.60. The van der Waals surface area contributed by atoms with E-state index in [1.165, 1.54) is 0 Å². The zero-order valence-corrected chi connectivity index (χ0v) is 17.3. The summed E-state index contributed by atoms with van der Waals surface area (Å²) in [5, 5.41) is 3.40. The molecule has 30 heavy (non-hydrogen) atoms. The van der Waals surface area contributed by atoms with Crippen molar-refractivity contribution in [2.75, 3.05) is 18.4 Å². The molecule has 0 saturated carbocycles. The molecule has 1 aromatic heterocycles. The van der Waals surface area contributed by atoms with E-state index in [1.807, 2.05) is 55.1 Å². The Hall–Kier alpha value is -3.41. The molecular weight excluding hydrogens is 378 g/mol. The average molecular weight is 403 g/mol. The van der Waals surface area contributed by atoms with Gasteiger partial charge in [-0.25, -0.2) is 0 Å². The van der Waals surface area contributed by atoms with Gasteiger partial charge in [0.05, 0.1) is 5.56 Å². The first-order valence-electron chi connectivity index (χ1n) is 10.2. The summed E-state index contributed by atoms with van der Waals surface area (Å²) in [6, 6.07) is 13.0. The van der Waals surface area contributed by atoms with E-state index in [1.54, 1.807) is 16.8 Å². The Morgan fingerprint density at radius 1 is 1.00 bits per heavy atom. The standard InChI is InChI=1S/C24H25N3O3/c1-16-9-10-20(17(2)13-16)25-24(30)23(29)19-14-27(21-8-4-3-7-18(19)21)15-22(28)26-11-5-6-12-26/h3-4,7-10,13-14H,5-6,11-12,15H2,1-2H3,(H,25,30). The van der Waals surface area contributed by atoms with Gasteiger partial charge in [0.2, 0.25) is 5.91 Å². The zero-order valence-electron chi connectivity index (χ0n) is 17.3. The summed E-state index contributed by atoms with van der Waals surface area (Å²) < 4.78 is 1.77. The first-order chi connectivity index (χ1) is 14.4. The van der Waals surface area contributed by atoms with E-state index in [4.69, 9.17) is 0 Å². The topological polar surface area (TPSA) is 71.4 Å². The average Bonchev–Trinajstić information content (AvgIpc) is 3.38. The highest BCUT2D eigenvalue weighted by Gasteiger charge is 2.24. The molecule has 0 spiro atoms. The number of anilines is 1.